The van der Waals surface area contributed by atoms with Gasteiger partial charge in [-0.3, -0.25) is 14.4 Å². The summed E-state index contributed by atoms with van der Waals surface area (Å²) in [6.45, 7) is 1.49. The molecule has 0 saturated heterocycles. The van der Waals surface area contributed by atoms with Crippen LogP contribution < -0.4 is 15.1 Å². The van der Waals surface area contributed by atoms with E-state index in [1.54, 1.807) is 61.5 Å². The molecule has 0 aromatic heterocycles. The average molecular weight is 365 g/mol. The number of nitrogens with one attached hydrogen (secondary N) is 1. The van der Waals surface area contributed by atoms with Gasteiger partial charge < -0.3 is 15.1 Å². The van der Waals surface area contributed by atoms with E-state index in [2.05, 4.69) is 5.32 Å². The molecule has 0 unspecified atom stereocenters. The Hall–Kier alpha value is -3.15. The third-order valence-corrected chi connectivity index (χ3v) is 4.75. The van der Waals surface area contributed by atoms with Crippen LogP contribution in [0.15, 0.2) is 48.5 Å². The van der Waals surface area contributed by atoms with Crippen molar-refractivity contribution in [2.45, 2.75) is 19.8 Å². The highest BCUT2D eigenvalue weighted by atomic mass is 16.2. The quantitative estimate of drug-likeness (QED) is 0.884. The van der Waals surface area contributed by atoms with Crippen LogP contribution in [0, 0.1) is 5.92 Å². The molecule has 6 heteroatoms. The molecule has 1 aliphatic rings. The maximum Gasteiger partial charge on any atom is 0.257 e. The average Bonchev–Trinajstić information content (AvgIpc) is 3.52. The summed E-state index contributed by atoms with van der Waals surface area (Å²) in [4.78, 5) is 39.6. The molecule has 0 aliphatic heterocycles. The number of hydrogen-bond donors (Lipinski definition) is 1. The first-order valence-corrected chi connectivity index (χ1v) is 8.91. The minimum Gasteiger partial charge on any atom is -0.322 e. The zero-order chi connectivity index (χ0) is 19.6. The lowest BCUT2D eigenvalue weighted by Gasteiger charge is -2.20. The van der Waals surface area contributed by atoms with Crippen molar-refractivity contribution in [3.05, 3.63) is 54.1 Å². The van der Waals surface area contributed by atoms with Gasteiger partial charge in [0.1, 0.15) is 0 Å². The Labute approximate surface area is 158 Å². The summed E-state index contributed by atoms with van der Waals surface area (Å²) in [7, 11) is 3.40. The number of para-hydroxylation sites is 1. The number of carbonyl (C=O) groups excluding carboxylic acids is 3. The van der Waals surface area contributed by atoms with Crippen molar-refractivity contribution in [2.75, 3.05) is 29.2 Å². The van der Waals surface area contributed by atoms with Crippen molar-refractivity contribution in [3.63, 3.8) is 0 Å². The molecule has 3 rings (SSSR count). The van der Waals surface area contributed by atoms with E-state index in [1.165, 1.54) is 11.8 Å². The van der Waals surface area contributed by atoms with Crippen molar-refractivity contribution in [3.8, 4) is 0 Å². The zero-order valence-corrected chi connectivity index (χ0v) is 15.7. The van der Waals surface area contributed by atoms with Crippen molar-refractivity contribution >= 4 is 34.8 Å². The molecule has 3 amide bonds. The number of amides is 3. The van der Waals surface area contributed by atoms with Crippen molar-refractivity contribution in [2.24, 2.45) is 5.92 Å². The Morgan fingerprint density at radius 2 is 1.56 bits per heavy atom. The van der Waals surface area contributed by atoms with Crippen LogP contribution >= 0.6 is 0 Å². The summed E-state index contributed by atoms with van der Waals surface area (Å²) in [6, 6.07) is 14.1. The number of carbonyl (C=O) groups is 3. The monoisotopic (exact) mass is 365 g/mol. The fourth-order valence-corrected chi connectivity index (χ4v) is 2.83. The molecule has 1 N–H and O–H groups in total. The molecule has 2 aromatic rings. The largest absolute Gasteiger partial charge is 0.322 e. The fourth-order valence-electron chi connectivity index (χ4n) is 2.83. The molecule has 27 heavy (non-hydrogen) atoms. The second kappa shape index (κ2) is 7.61. The zero-order valence-electron chi connectivity index (χ0n) is 15.7. The van der Waals surface area contributed by atoms with Crippen molar-refractivity contribution < 1.29 is 14.4 Å². The summed E-state index contributed by atoms with van der Waals surface area (Å²) in [5.41, 5.74) is 2.40. The minimum absolute atomic E-state index is 0.0480. The van der Waals surface area contributed by atoms with Gasteiger partial charge in [-0.15, -0.1) is 0 Å². The number of nitrogens with zero attached hydrogens (tertiary/aromatic N) is 2. The highest BCUT2D eigenvalue weighted by Crippen LogP contribution is 2.33. The van der Waals surface area contributed by atoms with Gasteiger partial charge in [-0.25, -0.2) is 0 Å². The van der Waals surface area contributed by atoms with Gasteiger partial charge in [-0.2, -0.15) is 0 Å². The van der Waals surface area contributed by atoms with Gasteiger partial charge >= 0.3 is 0 Å². The third-order valence-electron chi connectivity index (χ3n) is 4.75. The molecular weight excluding hydrogens is 342 g/mol. The lowest BCUT2D eigenvalue weighted by molar-refractivity contribution is -0.119. The van der Waals surface area contributed by atoms with Crippen molar-refractivity contribution in [1.82, 2.24) is 0 Å². The van der Waals surface area contributed by atoms with Gasteiger partial charge in [-0.05, 0) is 49.2 Å². The predicted octanol–water partition coefficient (Wildman–Crippen LogP) is 3.29. The Kier molecular flexibility index (Phi) is 5.26. The normalized spacial score (nSPS) is 13.0. The van der Waals surface area contributed by atoms with E-state index in [0.717, 1.165) is 18.5 Å². The maximum atomic E-state index is 12.8. The molecule has 0 bridgehead atoms. The molecular formula is C21H23N3O3. The number of benzene rings is 2. The summed E-state index contributed by atoms with van der Waals surface area (Å²) < 4.78 is 0. The van der Waals surface area contributed by atoms with E-state index in [0.29, 0.717) is 16.9 Å². The summed E-state index contributed by atoms with van der Waals surface area (Å²) in [5.74, 6) is -0.221. The van der Waals surface area contributed by atoms with E-state index in [9.17, 15) is 14.4 Å². The number of rotatable bonds is 5. The highest BCUT2D eigenvalue weighted by molar-refractivity contribution is 6.11. The minimum atomic E-state index is -0.284. The second-order valence-electron chi connectivity index (χ2n) is 6.77. The SMILES string of the molecule is CC(=O)N(C)c1ccc(NC(=O)c2ccccc2N(C)C(=O)C2CC2)cc1. The van der Waals surface area contributed by atoms with Crippen molar-refractivity contribution in [1.29, 1.82) is 0 Å². The number of hydrogen-bond acceptors (Lipinski definition) is 3. The van der Waals surface area contributed by atoms with Gasteiger partial charge in [0.15, 0.2) is 0 Å². The summed E-state index contributed by atoms with van der Waals surface area (Å²) in [6.07, 6.45) is 1.83. The molecule has 140 valence electrons. The smallest absolute Gasteiger partial charge is 0.257 e. The van der Waals surface area contributed by atoms with Crippen LogP contribution in [0.25, 0.3) is 0 Å². The van der Waals surface area contributed by atoms with E-state index >= 15 is 0 Å². The van der Waals surface area contributed by atoms with Gasteiger partial charge in [0.05, 0.1) is 11.3 Å². The van der Waals surface area contributed by atoms with E-state index in [1.807, 2.05) is 6.07 Å². The lowest BCUT2D eigenvalue weighted by Crippen LogP contribution is -2.29. The molecule has 0 spiro atoms. The first-order chi connectivity index (χ1) is 12.9. The van der Waals surface area contributed by atoms with Crippen LogP contribution in [0.5, 0.6) is 0 Å². The van der Waals surface area contributed by atoms with Crippen LogP contribution in [-0.2, 0) is 9.59 Å². The molecule has 0 radical (unpaired) electrons. The first kappa shape index (κ1) is 18.6. The van der Waals surface area contributed by atoms with Crippen LogP contribution in [0.3, 0.4) is 0 Å². The maximum absolute atomic E-state index is 12.8. The lowest BCUT2D eigenvalue weighted by atomic mass is 10.1. The van der Waals surface area contributed by atoms with Crippen LogP contribution in [-0.4, -0.2) is 31.8 Å². The molecule has 0 atom stereocenters. The summed E-state index contributed by atoms with van der Waals surface area (Å²) in [5, 5.41) is 2.85. The molecule has 6 nitrogen and oxygen atoms in total. The third kappa shape index (κ3) is 4.16. The molecule has 2 aromatic carbocycles. The second-order valence-corrected chi connectivity index (χ2v) is 6.77. The van der Waals surface area contributed by atoms with Crippen LogP contribution in [0.4, 0.5) is 17.1 Å². The van der Waals surface area contributed by atoms with Gasteiger partial charge in [0.25, 0.3) is 5.91 Å². The Bertz CT molecular complexity index is 872. The standard InChI is InChI=1S/C21H23N3O3/c1-14(25)23(2)17-12-10-16(11-13-17)22-20(26)18-6-4-5-7-19(18)24(3)21(27)15-8-9-15/h4-7,10-13,15H,8-9H2,1-3H3,(H,22,26). The highest BCUT2D eigenvalue weighted by Gasteiger charge is 2.33. The Morgan fingerprint density at radius 3 is 2.15 bits per heavy atom. The molecule has 1 aliphatic carbocycles. The van der Waals surface area contributed by atoms with E-state index in [4.69, 9.17) is 0 Å². The number of anilines is 3. The van der Waals surface area contributed by atoms with Crippen LogP contribution in [0.1, 0.15) is 30.1 Å². The first-order valence-electron chi connectivity index (χ1n) is 8.91. The topological polar surface area (TPSA) is 69.7 Å². The Balaban J connectivity index is 1.76. The Morgan fingerprint density at radius 1 is 0.926 bits per heavy atom. The van der Waals surface area contributed by atoms with E-state index < -0.39 is 0 Å². The molecule has 1 fully saturated rings. The predicted molar refractivity (Wildman–Crippen MR) is 106 cm³/mol. The van der Waals surface area contributed by atoms with Gasteiger partial charge in [0.2, 0.25) is 11.8 Å². The van der Waals surface area contributed by atoms with E-state index in [-0.39, 0.29) is 23.6 Å². The van der Waals surface area contributed by atoms with Gasteiger partial charge in [-0.1, -0.05) is 12.1 Å². The fraction of sp³-hybridized carbons (Fsp3) is 0.286. The van der Waals surface area contributed by atoms with Gasteiger partial charge in [0, 0.05) is 38.3 Å². The van der Waals surface area contributed by atoms with Crippen LogP contribution in [0.2, 0.25) is 0 Å². The molecule has 1 saturated carbocycles. The summed E-state index contributed by atoms with van der Waals surface area (Å²) >= 11 is 0. The molecule has 0 heterocycles.